The van der Waals surface area contributed by atoms with E-state index in [-0.39, 0.29) is 22.9 Å². The Bertz CT molecular complexity index is 615. The van der Waals surface area contributed by atoms with Crippen molar-refractivity contribution < 1.29 is 31.9 Å². The number of methoxy groups -OCH3 is 3. The summed E-state index contributed by atoms with van der Waals surface area (Å²) < 4.78 is 56.9. The molecule has 2 rings (SSSR count). The van der Waals surface area contributed by atoms with Crippen LogP contribution in [0.25, 0.3) is 11.4 Å². The van der Waals surface area contributed by atoms with Crippen molar-refractivity contribution in [1.29, 1.82) is 0 Å². The minimum absolute atomic E-state index is 0.235. The molecule has 0 radical (unpaired) electrons. The number of aromatic nitrogens is 2. The maximum absolute atomic E-state index is 12.5. The van der Waals surface area contributed by atoms with Crippen LogP contribution in [-0.4, -0.2) is 31.5 Å². The third-order valence-corrected chi connectivity index (χ3v) is 2.59. The lowest BCUT2D eigenvalue weighted by molar-refractivity contribution is -0.159. The molecule has 1 heterocycles. The average Bonchev–Trinajstić information content (AvgIpc) is 2.95. The maximum atomic E-state index is 12.5. The molecule has 21 heavy (non-hydrogen) atoms. The van der Waals surface area contributed by atoms with Crippen molar-refractivity contribution in [2.75, 3.05) is 21.3 Å². The Hall–Kier alpha value is -2.45. The minimum atomic E-state index is -4.70. The number of ether oxygens (including phenoxy) is 3. The molecule has 0 aliphatic heterocycles. The van der Waals surface area contributed by atoms with Gasteiger partial charge in [0.1, 0.15) is 0 Å². The molecule has 0 N–H and O–H groups in total. The Kier molecular flexibility index (Phi) is 3.92. The maximum Gasteiger partial charge on any atom is 0.471 e. The van der Waals surface area contributed by atoms with Gasteiger partial charge in [0, 0.05) is 5.56 Å². The highest BCUT2D eigenvalue weighted by molar-refractivity contribution is 5.66. The second-order valence-corrected chi connectivity index (χ2v) is 3.83. The van der Waals surface area contributed by atoms with Crippen molar-refractivity contribution in [2.45, 2.75) is 6.18 Å². The zero-order chi connectivity index (χ0) is 15.6. The molecule has 9 heteroatoms. The number of alkyl halides is 3. The van der Waals surface area contributed by atoms with Crippen LogP contribution in [0.5, 0.6) is 17.2 Å². The molecule has 0 spiro atoms. The molecule has 0 aliphatic carbocycles. The second kappa shape index (κ2) is 5.51. The van der Waals surface area contributed by atoms with Gasteiger partial charge in [-0.2, -0.15) is 18.2 Å². The van der Waals surface area contributed by atoms with Crippen molar-refractivity contribution in [2.24, 2.45) is 0 Å². The van der Waals surface area contributed by atoms with Crippen LogP contribution in [0.4, 0.5) is 13.2 Å². The van der Waals surface area contributed by atoms with Crippen molar-refractivity contribution >= 4 is 0 Å². The van der Waals surface area contributed by atoms with E-state index in [4.69, 9.17) is 14.2 Å². The lowest BCUT2D eigenvalue weighted by atomic mass is 10.1. The first-order valence-electron chi connectivity index (χ1n) is 5.62. The Morgan fingerprint density at radius 2 is 1.57 bits per heavy atom. The van der Waals surface area contributed by atoms with Crippen LogP contribution in [0.15, 0.2) is 16.7 Å². The predicted octanol–water partition coefficient (Wildman–Crippen LogP) is 2.78. The molecule has 1 aromatic carbocycles. The molecule has 0 saturated heterocycles. The van der Waals surface area contributed by atoms with E-state index < -0.39 is 12.1 Å². The van der Waals surface area contributed by atoms with Gasteiger partial charge in [-0.1, -0.05) is 5.16 Å². The first kappa shape index (κ1) is 14.9. The molecular weight excluding hydrogens is 293 g/mol. The summed E-state index contributed by atoms with van der Waals surface area (Å²) in [4.78, 5) is 3.30. The average molecular weight is 304 g/mol. The summed E-state index contributed by atoms with van der Waals surface area (Å²) in [6, 6.07) is 2.85. The molecule has 6 nitrogen and oxygen atoms in total. The second-order valence-electron chi connectivity index (χ2n) is 3.83. The van der Waals surface area contributed by atoms with Crippen LogP contribution in [-0.2, 0) is 6.18 Å². The summed E-state index contributed by atoms with van der Waals surface area (Å²) in [5.41, 5.74) is 0.240. The molecule has 0 atom stereocenters. The number of hydrogen-bond acceptors (Lipinski definition) is 6. The van der Waals surface area contributed by atoms with Gasteiger partial charge >= 0.3 is 12.1 Å². The molecular formula is C12H11F3N2O4. The molecule has 0 saturated carbocycles. The van der Waals surface area contributed by atoms with Gasteiger partial charge in [-0.05, 0) is 12.1 Å². The van der Waals surface area contributed by atoms with Crippen LogP contribution in [0.1, 0.15) is 5.89 Å². The van der Waals surface area contributed by atoms with Crippen LogP contribution in [0.3, 0.4) is 0 Å². The van der Waals surface area contributed by atoms with Gasteiger partial charge < -0.3 is 18.7 Å². The smallest absolute Gasteiger partial charge is 0.471 e. The zero-order valence-electron chi connectivity index (χ0n) is 11.3. The van der Waals surface area contributed by atoms with E-state index >= 15 is 0 Å². The number of benzene rings is 1. The number of halogens is 3. The molecule has 0 amide bonds. The van der Waals surface area contributed by atoms with E-state index in [1.807, 2.05) is 0 Å². The van der Waals surface area contributed by atoms with Gasteiger partial charge in [-0.25, -0.2) is 0 Å². The number of hydrogen-bond donors (Lipinski definition) is 0. The van der Waals surface area contributed by atoms with Gasteiger partial charge in [-0.3, -0.25) is 0 Å². The van der Waals surface area contributed by atoms with Crippen molar-refractivity contribution in [1.82, 2.24) is 10.1 Å². The summed E-state index contributed by atoms with van der Waals surface area (Å²) in [5.74, 6) is -0.813. The molecule has 0 aliphatic rings. The SMILES string of the molecule is COc1cc(-c2noc(C(F)(F)F)n2)cc(OC)c1OC. The fourth-order valence-corrected chi connectivity index (χ4v) is 1.67. The quantitative estimate of drug-likeness (QED) is 0.865. The highest BCUT2D eigenvalue weighted by atomic mass is 19.4. The topological polar surface area (TPSA) is 66.6 Å². The van der Waals surface area contributed by atoms with Gasteiger partial charge in [0.15, 0.2) is 11.5 Å². The third-order valence-electron chi connectivity index (χ3n) is 2.59. The lowest BCUT2D eigenvalue weighted by Gasteiger charge is -2.12. The summed E-state index contributed by atoms with van der Waals surface area (Å²) in [5, 5.41) is 3.30. The predicted molar refractivity (Wildman–Crippen MR) is 64.4 cm³/mol. The fourth-order valence-electron chi connectivity index (χ4n) is 1.67. The molecule has 1 aromatic heterocycles. The first-order valence-corrected chi connectivity index (χ1v) is 5.62. The highest BCUT2D eigenvalue weighted by Gasteiger charge is 2.38. The standard InChI is InChI=1S/C12H11F3N2O4/c1-18-7-4-6(5-8(19-2)9(7)20-3)10-16-11(21-17-10)12(13,14)15/h4-5H,1-3H3. The molecule has 0 fully saturated rings. The van der Waals surface area contributed by atoms with E-state index in [1.54, 1.807) is 0 Å². The van der Waals surface area contributed by atoms with Crippen LogP contribution in [0.2, 0.25) is 0 Å². The largest absolute Gasteiger partial charge is 0.493 e. The summed E-state index contributed by atoms with van der Waals surface area (Å²) in [6.07, 6.45) is -4.70. The Balaban J connectivity index is 2.51. The Morgan fingerprint density at radius 1 is 1.00 bits per heavy atom. The van der Waals surface area contributed by atoms with Crippen molar-refractivity contribution in [3.8, 4) is 28.6 Å². The highest BCUT2D eigenvalue weighted by Crippen LogP contribution is 2.41. The zero-order valence-corrected chi connectivity index (χ0v) is 11.3. The van der Waals surface area contributed by atoms with E-state index in [0.29, 0.717) is 5.75 Å². The Labute approximate surface area is 117 Å². The van der Waals surface area contributed by atoms with Crippen molar-refractivity contribution in [3.05, 3.63) is 18.0 Å². The first-order chi connectivity index (χ1) is 9.90. The van der Waals surface area contributed by atoms with Crippen LogP contribution >= 0.6 is 0 Å². The Morgan fingerprint density at radius 3 is 1.95 bits per heavy atom. The summed E-state index contributed by atoms with van der Waals surface area (Å²) in [6.45, 7) is 0. The lowest BCUT2D eigenvalue weighted by Crippen LogP contribution is -2.04. The van der Waals surface area contributed by atoms with Crippen molar-refractivity contribution in [3.63, 3.8) is 0 Å². The van der Waals surface area contributed by atoms with E-state index in [0.717, 1.165) is 0 Å². The van der Waals surface area contributed by atoms with Gasteiger partial charge in [0.2, 0.25) is 11.6 Å². The summed E-state index contributed by atoms with van der Waals surface area (Å²) in [7, 11) is 4.19. The summed E-state index contributed by atoms with van der Waals surface area (Å²) >= 11 is 0. The van der Waals surface area contributed by atoms with Crippen LogP contribution in [0, 0.1) is 0 Å². The monoisotopic (exact) mass is 304 g/mol. The number of nitrogens with zero attached hydrogens (tertiary/aromatic N) is 2. The molecule has 0 bridgehead atoms. The van der Waals surface area contributed by atoms with Gasteiger partial charge in [-0.15, -0.1) is 0 Å². The third kappa shape index (κ3) is 2.86. The van der Waals surface area contributed by atoms with E-state index in [1.165, 1.54) is 33.5 Å². The number of rotatable bonds is 4. The van der Waals surface area contributed by atoms with E-state index in [2.05, 4.69) is 14.7 Å². The van der Waals surface area contributed by atoms with Gasteiger partial charge in [0.05, 0.1) is 21.3 Å². The van der Waals surface area contributed by atoms with E-state index in [9.17, 15) is 13.2 Å². The molecule has 114 valence electrons. The fraction of sp³-hybridized carbons (Fsp3) is 0.333. The normalized spacial score (nSPS) is 11.3. The van der Waals surface area contributed by atoms with Gasteiger partial charge in [0.25, 0.3) is 0 Å². The molecule has 0 unspecified atom stereocenters. The van der Waals surface area contributed by atoms with Crippen LogP contribution < -0.4 is 14.2 Å². The minimum Gasteiger partial charge on any atom is -0.493 e. The molecule has 2 aromatic rings.